The first-order valence-corrected chi connectivity index (χ1v) is 4.00. The van der Waals surface area contributed by atoms with Crippen molar-refractivity contribution in [3.05, 3.63) is 35.1 Å². The van der Waals surface area contributed by atoms with Crippen LogP contribution in [0.25, 0.3) is 0 Å². The lowest BCUT2D eigenvalue weighted by Gasteiger charge is -2.06. The van der Waals surface area contributed by atoms with Crippen LogP contribution in [-0.2, 0) is 11.3 Å². The van der Waals surface area contributed by atoms with Crippen LogP contribution in [-0.4, -0.2) is 13.2 Å². The fourth-order valence-corrected chi connectivity index (χ4v) is 0.974. The molecule has 6 heteroatoms. The summed E-state index contributed by atoms with van der Waals surface area (Å²) in [6, 6.07) is 1.08. The molecular formula is C9H8F3NO2. The Morgan fingerprint density at radius 3 is 2.33 bits per heavy atom. The summed E-state index contributed by atoms with van der Waals surface area (Å²) < 4.78 is 42.7. The monoisotopic (exact) mass is 219 g/mol. The van der Waals surface area contributed by atoms with Crippen LogP contribution in [0.15, 0.2) is 12.1 Å². The number of benzene rings is 1. The number of rotatable bonds is 2. The molecule has 0 aromatic heterocycles. The molecule has 0 atom stereocenters. The van der Waals surface area contributed by atoms with E-state index in [0.29, 0.717) is 12.1 Å². The van der Waals surface area contributed by atoms with Gasteiger partial charge in [0.25, 0.3) is 0 Å². The molecule has 3 nitrogen and oxygen atoms in total. The molecule has 0 fully saturated rings. The first kappa shape index (κ1) is 11.4. The Hall–Kier alpha value is -1.72. The molecule has 1 rings (SSSR count). The molecule has 0 unspecified atom stereocenters. The van der Waals surface area contributed by atoms with E-state index >= 15 is 0 Å². The molecule has 1 amide bonds. The zero-order valence-corrected chi connectivity index (χ0v) is 7.81. The fourth-order valence-electron chi connectivity index (χ4n) is 0.974. The maximum atomic E-state index is 13.0. The maximum absolute atomic E-state index is 13.0. The lowest BCUT2D eigenvalue weighted by Crippen LogP contribution is -2.23. The number of nitrogens with one attached hydrogen (secondary N) is 1. The van der Waals surface area contributed by atoms with Gasteiger partial charge in [0, 0.05) is 17.7 Å². The van der Waals surface area contributed by atoms with E-state index < -0.39 is 35.7 Å². The first-order chi connectivity index (χ1) is 7.04. The van der Waals surface area contributed by atoms with E-state index in [2.05, 4.69) is 10.1 Å². The minimum atomic E-state index is -1.05. The van der Waals surface area contributed by atoms with Gasteiger partial charge in [-0.25, -0.2) is 18.0 Å². The molecule has 15 heavy (non-hydrogen) atoms. The van der Waals surface area contributed by atoms with Crippen LogP contribution in [0.1, 0.15) is 5.56 Å². The zero-order valence-electron chi connectivity index (χ0n) is 7.81. The second-order valence-electron chi connectivity index (χ2n) is 2.69. The molecule has 0 heterocycles. The predicted molar refractivity (Wildman–Crippen MR) is 45.6 cm³/mol. The van der Waals surface area contributed by atoms with E-state index in [1.807, 2.05) is 0 Å². The quantitative estimate of drug-likeness (QED) is 0.825. The van der Waals surface area contributed by atoms with Crippen LogP contribution in [0.2, 0.25) is 0 Å². The molecule has 1 aromatic carbocycles. The highest BCUT2D eigenvalue weighted by atomic mass is 19.1. The van der Waals surface area contributed by atoms with Crippen molar-refractivity contribution in [2.75, 3.05) is 7.11 Å². The van der Waals surface area contributed by atoms with Gasteiger partial charge in [-0.1, -0.05) is 0 Å². The number of amides is 1. The Balaban J connectivity index is 2.81. The summed E-state index contributed by atoms with van der Waals surface area (Å²) in [6.07, 6.45) is -0.821. The highest BCUT2D eigenvalue weighted by Crippen LogP contribution is 2.14. The third kappa shape index (κ3) is 2.87. The summed E-state index contributed by atoms with van der Waals surface area (Å²) >= 11 is 0. The van der Waals surface area contributed by atoms with Gasteiger partial charge >= 0.3 is 6.09 Å². The number of hydrogen-bond acceptors (Lipinski definition) is 2. The van der Waals surface area contributed by atoms with Crippen LogP contribution >= 0.6 is 0 Å². The smallest absolute Gasteiger partial charge is 0.407 e. The largest absolute Gasteiger partial charge is 0.453 e. The Labute approximate surface area is 83.8 Å². The van der Waals surface area contributed by atoms with Crippen LogP contribution in [0, 0.1) is 17.5 Å². The molecule has 0 aliphatic rings. The number of methoxy groups -OCH3 is 1. The van der Waals surface area contributed by atoms with Crippen LogP contribution in [0.3, 0.4) is 0 Å². The molecule has 0 aliphatic carbocycles. The number of carbonyl (C=O) groups excluding carboxylic acids is 1. The lowest BCUT2D eigenvalue weighted by molar-refractivity contribution is 0.170. The molecule has 0 bridgehead atoms. The van der Waals surface area contributed by atoms with Gasteiger partial charge in [0.1, 0.15) is 17.5 Å². The van der Waals surface area contributed by atoms with E-state index in [1.54, 1.807) is 0 Å². The maximum Gasteiger partial charge on any atom is 0.407 e. The van der Waals surface area contributed by atoms with Gasteiger partial charge in [-0.05, 0) is 0 Å². The van der Waals surface area contributed by atoms with Gasteiger partial charge in [-0.15, -0.1) is 0 Å². The molecule has 82 valence electrons. The third-order valence-corrected chi connectivity index (χ3v) is 1.70. The number of alkyl carbamates (subject to hydrolysis) is 1. The first-order valence-electron chi connectivity index (χ1n) is 4.00. The number of halogens is 3. The van der Waals surface area contributed by atoms with E-state index in [4.69, 9.17) is 0 Å². The van der Waals surface area contributed by atoms with Gasteiger partial charge in [0.05, 0.1) is 13.7 Å². The van der Waals surface area contributed by atoms with Crippen molar-refractivity contribution in [1.29, 1.82) is 0 Å². The minimum Gasteiger partial charge on any atom is -0.453 e. The second-order valence-corrected chi connectivity index (χ2v) is 2.69. The molecular weight excluding hydrogens is 211 g/mol. The number of carbonyl (C=O) groups is 1. The summed E-state index contributed by atoms with van der Waals surface area (Å²) in [7, 11) is 1.12. The van der Waals surface area contributed by atoms with Gasteiger partial charge in [-0.2, -0.15) is 0 Å². The lowest BCUT2D eigenvalue weighted by atomic mass is 10.2. The number of ether oxygens (including phenoxy) is 1. The normalized spacial score (nSPS) is 9.87. The van der Waals surface area contributed by atoms with Crippen molar-refractivity contribution < 1.29 is 22.7 Å². The summed E-state index contributed by atoms with van der Waals surface area (Å²) in [6.45, 7) is -0.398. The number of hydrogen-bond donors (Lipinski definition) is 1. The SMILES string of the molecule is COC(=O)NCc1c(F)cc(F)cc1F. The average Bonchev–Trinajstić information content (AvgIpc) is 2.15. The molecule has 0 radical (unpaired) electrons. The Kier molecular flexibility index (Phi) is 3.54. The summed E-state index contributed by atoms with van der Waals surface area (Å²) in [5.74, 6) is -3.11. The molecule has 1 N–H and O–H groups in total. The highest BCUT2D eigenvalue weighted by molar-refractivity contribution is 5.66. The standard InChI is InChI=1S/C9H8F3NO2/c1-15-9(14)13-4-6-7(11)2-5(10)3-8(6)12/h2-3H,4H2,1H3,(H,13,14). The van der Waals surface area contributed by atoms with E-state index in [-0.39, 0.29) is 0 Å². The second kappa shape index (κ2) is 4.68. The molecule has 0 aliphatic heterocycles. The topological polar surface area (TPSA) is 38.3 Å². The van der Waals surface area contributed by atoms with Crippen molar-refractivity contribution in [2.24, 2.45) is 0 Å². The molecule has 0 saturated carbocycles. The van der Waals surface area contributed by atoms with Crippen LogP contribution < -0.4 is 5.32 Å². The fraction of sp³-hybridized carbons (Fsp3) is 0.222. The van der Waals surface area contributed by atoms with Crippen molar-refractivity contribution in [3.63, 3.8) is 0 Å². The predicted octanol–water partition coefficient (Wildman–Crippen LogP) is 1.96. The summed E-state index contributed by atoms with van der Waals surface area (Å²) in [4.78, 5) is 10.6. The van der Waals surface area contributed by atoms with Crippen LogP contribution in [0.5, 0.6) is 0 Å². The summed E-state index contributed by atoms with van der Waals surface area (Å²) in [5, 5.41) is 2.09. The van der Waals surface area contributed by atoms with Gasteiger partial charge in [-0.3, -0.25) is 0 Å². The highest BCUT2D eigenvalue weighted by Gasteiger charge is 2.12. The molecule has 0 spiro atoms. The van der Waals surface area contributed by atoms with E-state index in [0.717, 1.165) is 7.11 Å². The van der Waals surface area contributed by atoms with Crippen molar-refractivity contribution in [1.82, 2.24) is 5.32 Å². The van der Waals surface area contributed by atoms with Crippen molar-refractivity contribution in [3.8, 4) is 0 Å². The molecule has 0 saturated heterocycles. The Morgan fingerprint density at radius 1 is 1.33 bits per heavy atom. The van der Waals surface area contributed by atoms with E-state index in [9.17, 15) is 18.0 Å². The van der Waals surface area contributed by atoms with Crippen LogP contribution in [0.4, 0.5) is 18.0 Å². The molecule has 1 aromatic rings. The van der Waals surface area contributed by atoms with Gasteiger partial charge in [0.15, 0.2) is 0 Å². The Morgan fingerprint density at radius 2 is 1.87 bits per heavy atom. The van der Waals surface area contributed by atoms with Crippen molar-refractivity contribution in [2.45, 2.75) is 6.54 Å². The van der Waals surface area contributed by atoms with Crippen molar-refractivity contribution >= 4 is 6.09 Å². The third-order valence-electron chi connectivity index (χ3n) is 1.70. The Bertz CT molecular complexity index is 359. The summed E-state index contributed by atoms with van der Waals surface area (Å²) in [5.41, 5.74) is -0.415. The average molecular weight is 219 g/mol. The van der Waals surface area contributed by atoms with Gasteiger partial charge < -0.3 is 10.1 Å². The zero-order chi connectivity index (χ0) is 11.4. The minimum absolute atomic E-state index is 0.398. The van der Waals surface area contributed by atoms with Gasteiger partial charge in [0.2, 0.25) is 0 Å². The van der Waals surface area contributed by atoms with E-state index in [1.165, 1.54) is 0 Å².